The largest absolute Gasteiger partial charge is 0.399 e. The summed E-state index contributed by atoms with van der Waals surface area (Å²) in [5.41, 5.74) is 9.07. The molecule has 1 saturated carbocycles. The van der Waals surface area contributed by atoms with E-state index in [1.165, 1.54) is 50.1 Å². The first-order valence-electron chi connectivity index (χ1n) is 8.15. The number of likely N-dealkylation sites (tertiary alicyclic amines) is 1. The van der Waals surface area contributed by atoms with Crippen LogP contribution in [0, 0.1) is 5.92 Å². The predicted octanol–water partition coefficient (Wildman–Crippen LogP) is 2.84. The number of rotatable bonds is 3. The Labute approximate surface area is 125 Å². The van der Waals surface area contributed by atoms with E-state index in [1.54, 1.807) is 0 Å². The number of nitrogen functional groups attached to an aromatic ring is 1. The summed E-state index contributed by atoms with van der Waals surface area (Å²) in [7, 11) is 2.24. The Bertz CT molecular complexity index is 656. The molecule has 0 bridgehead atoms. The Kier molecular flexibility index (Phi) is 3.14. The van der Waals surface area contributed by atoms with Gasteiger partial charge in [-0.15, -0.1) is 0 Å². The second-order valence-corrected chi connectivity index (χ2v) is 6.87. The highest BCUT2D eigenvalue weighted by atomic mass is 15.1. The van der Waals surface area contributed by atoms with E-state index in [2.05, 4.69) is 22.6 Å². The quantitative estimate of drug-likeness (QED) is 0.882. The molecule has 1 unspecified atom stereocenters. The third-order valence-corrected chi connectivity index (χ3v) is 4.91. The number of fused-ring (bicyclic) bond motifs is 1. The van der Waals surface area contributed by atoms with Crippen molar-refractivity contribution in [3.63, 3.8) is 0 Å². The molecule has 4 rings (SSSR count). The van der Waals surface area contributed by atoms with Gasteiger partial charge in [-0.05, 0) is 63.4 Å². The van der Waals surface area contributed by atoms with E-state index in [1.807, 2.05) is 12.1 Å². The van der Waals surface area contributed by atoms with Crippen molar-refractivity contribution < 1.29 is 0 Å². The van der Waals surface area contributed by atoms with Gasteiger partial charge in [0.25, 0.3) is 0 Å². The second-order valence-electron chi connectivity index (χ2n) is 6.87. The molecule has 0 radical (unpaired) electrons. The number of benzene rings is 1. The Balaban J connectivity index is 1.70. The van der Waals surface area contributed by atoms with Gasteiger partial charge < -0.3 is 15.2 Å². The van der Waals surface area contributed by atoms with E-state index >= 15 is 0 Å². The monoisotopic (exact) mass is 284 g/mol. The average molecular weight is 284 g/mol. The number of hydrogen-bond donors (Lipinski definition) is 1. The van der Waals surface area contributed by atoms with E-state index in [0.29, 0.717) is 5.92 Å². The topological polar surface area (TPSA) is 47.1 Å². The lowest BCUT2D eigenvalue weighted by Crippen LogP contribution is -2.34. The summed E-state index contributed by atoms with van der Waals surface area (Å²) < 4.78 is 2.48. The van der Waals surface area contributed by atoms with Gasteiger partial charge in [0.15, 0.2) is 0 Å². The lowest BCUT2D eigenvalue weighted by atomic mass is 9.98. The highest BCUT2D eigenvalue weighted by Crippen LogP contribution is 2.41. The van der Waals surface area contributed by atoms with Gasteiger partial charge in [0, 0.05) is 24.7 Å². The number of hydrogen-bond acceptors (Lipinski definition) is 3. The molecule has 2 heterocycles. The molecule has 2 N–H and O–H groups in total. The lowest BCUT2D eigenvalue weighted by Gasteiger charge is -2.30. The molecule has 1 aliphatic carbocycles. The number of anilines is 1. The normalized spacial score (nSPS) is 23.8. The van der Waals surface area contributed by atoms with Crippen molar-refractivity contribution in [2.24, 2.45) is 5.92 Å². The van der Waals surface area contributed by atoms with Crippen molar-refractivity contribution in [1.29, 1.82) is 0 Å². The van der Waals surface area contributed by atoms with Crippen LogP contribution in [-0.4, -0.2) is 34.6 Å². The van der Waals surface area contributed by atoms with Crippen LogP contribution in [-0.2, 0) is 6.54 Å². The molecule has 2 aliphatic rings. The highest BCUT2D eigenvalue weighted by Gasteiger charge is 2.30. The summed E-state index contributed by atoms with van der Waals surface area (Å²) in [6, 6.07) is 6.17. The maximum atomic E-state index is 5.92. The summed E-state index contributed by atoms with van der Waals surface area (Å²) in [6.45, 7) is 3.56. The van der Waals surface area contributed by atoms with Gasteiger partial charge in [-0.1, -0.05) is 0 Å². The number of imidazole rings is 1. The molecule has 0 amide bonds. The van der Waals surface area contributed by atoms with Crippen molar-refractivity contribution in [2.75, 3.05) is 25.9 Å². The van der Waals surface area contributed by atoms with Crippen LogP contribution in [0.2, 0.25) is 0 Å². The Morgan fingerprint density at radius 2 is 2.14 bits per heavy atom. The lowest BCUT2D eigenvalue weighted by molar-refractivity contribution is 0.194. The molecule has 1 aromatic carbocycles. The number of nitrogens with two attached hydrogens (primary N) is 1. The van der Waals surface area contributed by atoms with Gasteiger partial charge in [-0.2, -0.15) is 0 Å². The van der Waals surface area contributed by atoms with Crippen LogP contribution in [0.1, 0.15) is 37.4 Å². The fourth-order valence-corrected chi connectivity index (χ4v) is 3.69. The van der Waals surface area contributed by atoms with Crippen molar-refractivity contribution in [1.82, 2.24) is 14.5 Å². The molecular weight excluding hydrogens is 260 g/mol. The van der Waals surface area contributed by atoms with Gasteiger partial charge in [0.2, 0.25) is 0 Å². The summed E-state index contributed by atoms with van der Waals surface area (Å²) in [4.78, 5) is 7.35. The van der Waals surface area contributed by atoms with E-state index in [0.717, 1.165) is 23.7 Å². The fourth-order valence-electron chi connectivity index (χ4n) is 3.69. The Morgan fingerprint density at radius 3 is 2.90 bits per heavy atom. The molecule has 4 nitrogen and oxygen atoms in total. The van der Waals surface area contributed by atoms with Crippen LogP contribution in [0.15, 0.2) is 18.2 Å². The number of nitrogens with zero attached hydrogens (tertiary/aromatic N) is 3. The number of aromatic nitrogens is 2. The molecule has 2 aromatic rings. The molecule has 2 fully saturated rings. The third kappa shape index (κ3) is 2.53. The Morgan fingerprint density at radius 1 is 1.29 bits per heavy atom. The first-order chi connectivity index (χ1) is 10.2. The second kappa shape index (κ2) is 5.02. The van der Waals surface area contributed by atoms with Gasteiger partial charge in [-0.3, -0.25) is 0 Å². The van der Waals surface area contributed by atoms with Crippen LogP contribution < -0.4 is 5.73 Å². The van der Waals surface area contributed by atoms with Crippen LogP contribution in [0.5, 0.6) is 0 Å². The first kappa shape index (κ1) is 13.1. The smallest absolute Gasteiger partial charge is 0.113 e. The van der Waals surface area contributed by atoms with Gasteiger partial charge in [0.05, 0.1) is 11.0 Å². The number of piperidine rings is 1. The highest BCUT2D eigenvalue weighted by molar-refractivity contribution is 5.79. The summed E-state index contributed by atoms with van der Waals surface area (Å²) in [6.07, 6.45) is 5.25. The standard InChI is InChI=1S/C17H24N4/c1-20-8-2-3-12(10-20)11-21-16-7-6-14(18)9-15(16)19-17(21)13-4-5-13/h6-7,9,12-13H,2-5,8,10-11,18H2,1H3. The van der Waals surface area contributed by atoms with Crippen molar-refractivity contribution in [3.8, 4) is 0 Å². The SMILES string of the molecule is CN1CCCC(Cn2c(C3CC3)nc3cc(N)ccc32)C1. The van der Waals surface area contributed by atoms with Gasteiger partial charge in [-0.25, -0.2) is 4.98 Å². The van der Waals surface area contributed by atoms with Crippen molar-refractivity contribution in [2.45, 2.75) is 38.1 Å². The van der Waals surface area contributed by atoms with E-state index in [9.17, 15) is 0 Å². The average Bonchev–Trinajstić information content (AvgIpc) is 3.23. The van der Waals surface area contributed by atoms with E-state index < -0.39 is 0 Å². The summed E-state index contributed by atoms with van der Waals surface area (Å²) in [5, 5.41) is 0. The van der Waals surface area contributed by atoms with Gasteiger partial charge in [0.1, 0.15) is 5.82 Å². The first-order valence-corrected chi connectivity index (χ1v) is 8.15. The van der Waals surface area contributed by atoms with Crippen molar-refractivity contribution in [3.05, 3.63) is 24.0 Å². The van der Waals surface area contributed by atoms with Crippen molar-refractivity contribution >= 4 is 16.7 Å². The van der Waals surface area contributed by atoms with Gasteiger partial charge >= 0.3 is 0 Å². The maximum absolute atomic E-state index is 5.92. The minimum atomic E-state index is 0.681. The Hall–Kier alpha value is -1.55. The zero-order chi connectivity index (χ0) is 14.4. The molecule has 1 atom stereocenters. The summed E-state index contributed by atoms with van der Waals surface area (Å²) in [5.74, 6) is 2.72. The van der Waals surface area contributed by atoms with Crippen LogP contribution in [0.25, 0.3) is 11.0 Å². The predicted molar refractivity (Wildman–Crippen MR) is 86.3 cm³/mol. The fraction of sp³-hybridized carbons (Fsp3) is 0.588. The molecule has 0 spiro atoms. The summed E-state index contributed by atoms with van der Waals surface area (Å²) >= 11 is 0. The molecule has 21 heavy (non-hydrogen) atoms. The van der Waals surface area contributed by atoms with E-state index in [-0.39, 0.29) is 0 Å². The van der Waals surface area contributed by atoms with Crippen LogP contribution in [0.4, 0.5) is 5.69 Å². The molecule has 4 heteroatoms. The molecule has 1 aromatic heterocycles. The minimum absolute atomic E-state index is 0.681. The zero-order valence-corrected chi connectivity index (χ0v) is 12.8. The third-order valence-electron chi connectivity index (χ3n) is 4.91. The molecule has 112 valence electrons. The molecule has 1 aliphatic heterocycles. The minimum Gasteiger partial charge on any atom is -0.399 e. The van der Waals surface area contributed by atoms with E-state index in [4.69, 9.17) is 10.7 Å². The molecule has 1 saturated heterocycles. The van der Waals surface area contributed by atoms with Crippen LogP contribution >= 0.6 is 0 Å². The maximum Gasteiger partial charge on any atom is 0.113 e. The van der Waals surface area contributed by atoms with Crippen LogP contribution in [0.3, 0.4) is 0 Å². The zero-order valence-electron chi connectivity index (χ0n) is 12.8. The molecular formula is C17H24N4.